The van der Waals surface area contributed by atoms with E-state index in [4.69, 9.17) is 10.6 Å². The van der Waals surface area contributed by atoms with Gasteiger partial charge >= 0.3 is 0 Å². The lowest BCUT2D eigenvalue weighted by Gasteiger charge is -2.38. The Bertz CT molecular complexity index is 452. The molecule has 1 saturated heterocycles. The number of rotatable bonds is 3. The molecule has 0 saturated carbocycles. The van der Waals surface area contributed by atoms with Gasteiger partial charge in [0.15, 0.2) is 0 Å². The lowest BCUT2D eigenvalue weighted by atomic mass is 10.1. The summed E-state index contributed by atoms with van der Waals surface area (Å²) in [5.41, 5.74) is 3.05. The fraction of sp³-hybridized carbons (Fsp3) is 0.538. The molecule has 1 aliphatic rings. The molecule has 0 spiro atoms. The lowest BCUT2D eigenvalue weighted by molar-refractivity contribution is -0.0444. The Morgan fingerprint density at radius 1 is 1.68 bits per heavy atom. The van der Waals surface area contributed by atoms with E-state index >= 15 is 0 Å². The molecular formula is C13H20N4O2. The molecule has 0 radical (unpaired) electrons. The van der Waals surface area contributed by atoms with Gasteiger partial charge in [-0.15, -0.1) is 0 Å². The number of anilines is 1. The summed E-state index contributed by atoms with van der Waals surface area (Å²) in [7, 11) is 0. The van der Waals surface area contributed by atoms with Crippen LogP contribution < -0.4 is 11.3 Å². The third kappa shape index (κ3) is 3.02. The van der Waals surface area contributed by atoms with Crippen molar-refractivity contribution >= 4 is 11.7 Å². The van der Waals surface area contributed by atoms with Gasteiger partial charge in [0.05, 0.1) is 18.8 Å². The molecular weight excluding hydrogens is 244 g/mol. The Labute approximate surface area is 112 Å². The number of aromatic nitrogens is 1. The van der Waals surface area contributed by atoms with Crippen LogP contribution in [-0.2, 0) is 4.74 Å². The quantitative estimate of drug-likeness (QED) is 0.629. The molecule has 0 bridgehead atoms. The zero-order valence-electron chi connectivity index (χ0n) is 11.3. The van der Waals surface area contributed by atoms with Crippen molar-refractivity contribution in [2.75, 3.05) is 18.6 Å². The number of carbonyl (C=O) groups excluding carboxylic acids is 1. The monoisotopic (exact) mass is 264 g/mol. The van der Waals surface area contributed by atoms with Crippen molar-refractivity contribution in [1.82, 2.24) is 9.88 Å². The first-order chi connectivity index (χ1) is 9.15. The number of amides is 1. The summed E-state index contributed by atoms with van der Waals surface area (Å²) in [6, 6.07) is 3.50. The van der Waals surface area contributed by atoms with Crippen LogP contribution in [0.2, 0.25) is 0 Å². The molecule has 0 aliphatic carbocycles. The number of hydrazine groups is 1. The van der Waals surface area contributed by atoms with Gasteiger partial charge in [-0.05, 0) is 25.5 Å². The molecule has 2 atom stereocenters. The highest BCUT2D eigenvalue weighted by Gasteiger charge is 2.30. The smallest absolute Gasteiger partial charge is 0.254 e. The summed E-state index contributed by atoms with van der Waals surface area (Å²) in [6.07, 6.45) is 2.53. The molecule has 1 aliphatic heterocycles. The summed E-state index contributed by atoms with van der Waals surface area (Å²) in [5.74, 6) is 5.80. The third-order valence-corrected chi connectivity index (χ3v) is 3.35. The van der Waals surface area contributed by atoms with Crippen molar-refractivity contribution in [2.45, 2.75) is 32.4 Å². The summed E-state index contributed by atoms with van der Waals surface area (Å²) < 4.78 is 5.60. The van der Waals surface area contributed by atoms with Gasteiger partial charge in [-0.2, -0.15) is 0 Å². The standard InChI is InChI=1S/C13H20N4O2/c1-3-11-8-19-9(2)7-17(11)13(18)10-4-5-15-12(6-10)16-14/h4-6,9,11H,3,7-8,14H2,1-2H3,(H,15,16). The molecule has 3 N–H and O–H groups in total. The number of hydrogen-bond donors (Lipinski definition) is 2. The van der Waals surface area contributed by atoms with E-state index in [1.54, 1.807) is 18.3 Å². The van der Waals surface area contributed by atoms with Crippen LogP contribution in [0.25, 0.3) is 0 Å². The number of carbonyl (C=O) groups is 1. The molecule has 104 valence electrons. The van der Waals surface area contributed by atoms with E-state index in [0.717, 1.165) is 6.42 Å². The van der Waals surface area contributed by atoms with Crippen molar-refractivity contribution < 1.29 is 9.53 Å². The molecule has 1 amide bonds. The zero-order valence-corrected chi connectivity index (χ0v) is 11.3. The van der Waals surface area contributed by atoms with Crippen LogP contribution in [0.1, 0.15) is 30.6 Å². The van der Waals surface area contributed by atoms with Gasteiger partial charge in [-0.25, -0.2) is 10.8 Å². The minimum Gasteiger partial charge on any atom is -0.375 e. The first kappa shape index (κ1) is 13.8. The van der Waals surface area contributed by atoms with Gasteiger partial charge in [0.1, 0.15) is 5.82 Å². The number of ether oxygens (including phenoxy) is 1. The molecule has 1 aromatic rings. The molecule has 1 aromatic heterocycles. The van der Waals surface area contributed by atoms with E-state index in [-0.39, 0.29) is 18.1 Å². The van der Waals surface area contributed by atoms with Crippen LogP contribution in [0.4, 0.5) is 5.82 Å². The third-order valence-electron chi connectivity index (χ3n) is 3.35. The largest absolute Gasteiger partial charge is 0.375 e. The Balaban J connectivity index is 2.20. The minimum absolute atomic E-state index is 0.000833. The zero-order chi connectivity index (χ0) is 13.8. The van der Waals surface area contributed by atoms with E-state index in [2.05, 4.69) is 17.3 Å². The first-order valence-electron chi connectivity index (χ1n) is 6.51. The highest BCUT2D eigenvalue weighted by molar-refractivity contribution is 5.95. The Hall–Kier alpha value is -1.66. The predicted molar refractivity (Wildman–Crippen MR) is 72.6 cm³/mol. The van der Waals surface area contributed by atoms with Gasteiger partial charge in [-0.1, -0.05) is 6.92 Å². The van der Waals surface area contributed by atoms with Gasteiger partial charge in [0.25, 0.3) is 5.91 Å². The van der Waals surface area contributed by atoms with Gasteiger partial charge in [0, 0.05) is 18.3 Å². The second-order valence-electron chi connectivity index (χ2n) is 4.74. The van der Waals surface area contributed by atoms with E-state index in [9.17, 15) is 4.79 Å². The van der Waals surface area contributed by atoms with Crippen LogP contribution in [0.15, 0.2) is 18.3 Å². The molecule has 19 heavy (non-hydrogen) atoms. The van der Waals surface area contributed by atoms with E-state index in [0.29, 0.717) is 24.5 Å². The Kier molecular flexibility index (Phi) is 4.34. The normalized spacial score (nSPS) is 23.2. The SMILES string of the molecule is CCC1COC(C)CN1C(=O)c1ccnc(NN)c1. The van der Waals surface area contributed by atoms with Gasteiger partial charge in [0.2, 0.25) is 0 Å². The van der Waals surface area contributed by atoms with Crippen LogP contribution in [-0.4, -0.2) is 41.1 Å². The molecule has 2 heterocycles. The average molecular weight is 264 g/mol. The fourth-order valence-electron chi connectivity index (χ4n) is 2.24. The van der Waals surface area contributed by atoms with E-state index in [1.807, 2.05) is 11.8 Å². The number of morpholine rings is 1. The van der Waals surface area contributed by atoms with Crippen LogP contribution in [0.5, 0.6) is 0 Å². The predicted octanol–water partition coefficient (Wildman–Crippen LogP) is 1.01. The van der Waals surface area contributed by atoms with Crippen LogP contribution in [0.3, 0.4) is 0 Å². The summed E-state index contributed by atoms with van der Waals surface area (Å²) in [6.45, 7) is 5.25. The first-order valence-corrected chi connectivity index (χ1v) is 6.51. The molecule has 2 rings (SSSR count). The summed E-state index contributed by atoms with van der Waals surface area (Å²) in [5, 5.41) is 0. The summed E-state index contributed by atoms with van der Waals surface area (Å²) >= 11 is 0. The van der Waals surface area contributed by atoms with Crippen LogP contribution in [0, 0.1) is 0 Å². The summed E-state index contributed by atoms with van der Waals surface area (Å²) in [4.78, 5) is 18.4. The molecule has 6 heteroatoms. The van der Waals surface area contributed by atoms with Crippen molar-refractivity contribution in [3.05, 3.63) is 23.9 Å². The maximum Gasteiger partial charge on any atom is 0.254 e. The fourth-order valence-corrected chi connectivity index (χ4v) is 2.24. The highest BCUT2D eigenvalue weighted by atomic mass is 16.5. The lowest BCUT2D eigenvalue weighted by Crippen LogP contribution is -2.51. The number of pyridine rings is 1. The highest BCUT2D eigenvalue weighted by Crippen LogP contribution is 2.18. The van der Waals surface area contributed by atoms with Crippen molar-refractivity contribution in [3.8, 4) is 0 Å². The van der Waals surface area contributed by atoms with Crippen molar-refractivity contribution in [1.29, 1.82) is 0 Å². The molecule has 1 fully saturated rings. The van der Waals surface area contributed by atoms with Crippen LogP contribution >= 0.6 is 0 Å². The topological polar surface area (TPSA) is 80.5 Å². The minimum atomic E-state index is 0.000833. The Morgan fingerprint density at radius 2 is 2.47 bits per heavy atom. The number of nitrogen functional groups attached to an aromatic ring is 1. The van der Waals surface area contributed by atoms with Gasteiger partial charge in [-0.3, -0.25) is 4.79 Å². The molecule has 6 nitrogen and oxygen atoms in total. The second-order valence-corrected chi connectivity index (χ2v) is 4.74. The van der Waals surface area contributed by atoms with E-state index in [1.165, 1.54) is 0 Å². The van der Waals surface area contributed by atoms with Crippen molar-refractivity contribution in [3.63, 3.8) is 0 Å². The number of hydrogen-bond acceptors (Lipinski definition) is 5. The van der Waals surface area contributed by atoms with Gasteiger partial charge < -0.3 is 15.1 Å². The molecule has 0 aromatic carbocycles. The second kappa shape index (κ2) is 5.99. The van der Waals surface area contributed by atoms with E-state index < -0.39 is 0 Å². The molecule has 2 unspecified atom stereocenters. The Morgan fingerprint density at radius 3 is 3.16 bits per heavy atom. The van der Waals surface area contributed by atoms with Crippen molar-refractivity contribution in [2.24, 2.45) is 5.84 Å². The number of nitrogens with one attached hydrogen (secondary N) is 1. The maximum atomic E-state index is 12.6. The number of nitrogens with zero attached hydrogens (tertiary/aromatic N) is 2. The average Bonchev–Trinajstić information content (AvgIpc) is 2.46. The number of nitrogens with two attached hydrogens (primary N) is 1. The maximum absolute atomic E-state index is 12.6.